The van der Waals surface area contributed by atoms with E-state index in [9.17, 15) is 0 Å². The Morgan fingerprint density at radius 3 is 2.68 bits per heavy atom. The molecule has 6 nitrogen and oxygen atoms in total. The van der Waals surface area contributed by atoms with Crippen LogP contribution in [0.25, 0.3) is 0 Å². The summed E-state index contributed by atoms with van der Waals surface area (Å²) in [7, 11) is 1.71. The van der Waals surface area contributed by atoms with Crippen molar-refractivity contribution in [1.82, 2.24) is 20.5 Å². The molecule has 0 aliphatic carbocycles. The van der Waals surface area contributed by atoms with E-state index < -0.39 is 0 Å². The first-order chi connectivity index (χ1) is 15.0. The van der Waals surface area contributed by atoms with Crippen molar-refractivity contribution in [2.75, 3.05) is 33.3 Å². The predicted molar refractivity (Wildman–Crippen MR) is 128 cm³/mol. The first kappa shape index (κ1) is 23.1. The van der Waals surface area contributed by atoms with Gasteiger partial charge in [-0.15, -0.1) is 0 Å². The monoisotopic (exact) mass is 423 g/mol. The molecule has 1 aliphatic heterocycles. The van der Waals surface area contributed by atoms with Gasteiger partial charge in [0.15, 0.2) is 5.96 Å². The zero-order chi connectivity index (χ0) is 22.1. The van der Waals surface area contributed by atoms with E-state index in [1.165, 1.54) is 5.56 Å². The number of hydrogen-bond acceptors (Lipinski definition) is 4. The number of benzene rings is 1. The molecule has 2 N–H and O–H groups in total. The molecule has 0 unspecified atom stereocenters. The molecule has 0 spiro atoms. The van der Waals surface area contributed by atoms with Gasteiger partial charge < -0.3 is 15.4 Å². The van der Waals surface area contributed by atoms with Gasteiger partial charge in [-0.3, -0.25) is 14.9 Å². The first-order valence-corrected chi connectivity index (χ1v) is 11.3. The van der Waals surface area contributed by atoms with Gasteiger partial charge >= 0.3 is 0 Å². The molecule has 1 aromatic heterocycles. The van der Waals surface area contributed by atoms with E-state index in [0.29, 0.717) is 12.6 Å². The molecule has 6 heteroatoms. The number of pyridine rings is 1. The van der Waals surface area contributed by atoms with Crippen LogP contribution in [-0.2, 0) is 12.0 Å². The normalized spacial score (nSPS) is 16.2. The predicted octanol–water partition coefficient (Wildman–Crippen LogP) is 3.59. The Labute approximate surface area is 187 Å². The number of aromatic nitrogens is 1. The number of nitrogens with zero attached hydrogens (tertiary/aromatic N) is 3. The molecule has 1 fully saturated rings. The Bertz CT molecular complexity index is 829. The van der Waals surface area contributed by atoms with Crippen LogP contribution in [0.2, 0.25) is 0 Å². The highest BCUT2D eigenvalue weighted by molar-refractivity contribution is 5.80. The molecule has 1 saturated heterocycles. The second kappa shape index (κ2) is 11.1. The lowest BCUT2D eigenvalue weighted by molar-refractivity contribution is 0.196. The average molecular weight is 424 g/mol. The summed E-state index contributed by atoms with van der Waals surface area (Å²) in [6.07, 6.45) is 4.09. The third kappa shape index (κ3) is 6.96. The Morgan fingerprint density at radius 1 is 1.19 bits per heavy atom. The van der Waals surface area contributed by atoms with Gasteiger partial charge in [0.05, 0.1) is 19.3 Å². The first-order valence-electron chi connectivity index (χ1n) is 11.3. The van der Waals surface area contributed by atoms with Gasteiger partial charge in [0, 0.05) is 43.8 Å². The van der Waals surface area contributed by atoms with Gasteiger partial charge in [0.2, 0.25) is 0 Å². The number of rotatable bonds is 8. The average Bonchev–Trinajstić information content (AvgIpc) is 2.80. The fourth-order valence-electron chi connectivity index (χ4n) is 3.88. The number of aliphatic imine (C=N–C) groups is 1. The van der Waals surface area contributed by atoms with Crippen LogP contribution in [0.1, 0.15) is 44.9 Å². The molecular weight excluding hydrogens is 386 g/mol. The number of guanidine groups is 1. The number of nitrogens with one attached hydrogen (secondary N) is 2. The van der Waals surface area contributed by atoms with Crippen molar-refractivity contribution >= 4 is 5.96 Å². The third-order valence-electron chi connectivity index (χ3n) is 5.87. The highest BCUT2D eigenvalue weighted by atomic mass is 16.5. The lowest BCUT2D eigenvalue weighted by Gasteiger charge is -2.33. The Morgan fingerprint density at radius 2 is 2.00 bits per heavy atom. The molecule has 168 valence electrons. The second-order valence-corrected chi connectivity index (χ2v) is 8.83. The summed E-state index contributed by atoms with van der Waals surface area (Å²) < 4.78 is 5.39. The van der Waals surface area contributed by atoms with Crippen LogP contribution in [0, 0.1) is 0 Å². The molecule has 0 amide bonds. The summed E-state index contributed by atoms with van der Waals surface area (Å²) in [4.78, 5) is 11.9. The fourth-order valence-corrected chi connectivity index (χ4v) is 3.88. The van der Waals surface area contributed by atoms with Gasteiger partial charge in [0.1, 0.15) is 5.75 Å². The van der Waals surface area contributed by atoms with E-state index in [4.69, 9.17) is 9.73 Å². The Kier molecular flexibility index (Phi) is 8.29. The second-order valence-electron chi connectivity index (χ2n) is 8.83. The zero-order valence-electron chi connectivity index (χ0n) is 19.4. The molecule has 0 atom stereocenters. The maximum absolute atomic E-state index is 5.39. The molecule has 31 heavy (non-hydrogen) atoms. The molecule has 0 radical (unpaired) electrons. The number of likely N-dealkylation sites (tertiary alicyclic amines) is 1. The maximum atomic E-state index is 5.39. The van der Waals surface area contributed by atoms with Crippen molar-refractivity contribution in [3.63, 3.8) is 0 Å². The Balaban J connectivity index is 1.55. The van der Waals surface area contributed by atoms with Gasteiger partial charge in [-0.2, -0.15) is 0 Å². The van der Waals surface area contributed by atoms with Gasteiger partial charge in [-0.05, 0) is 49.6 Å². The van der Waals surface area contributed by atoms with Gasteiger partial charge in [0.25, 0.3) is 0 Å². The van der Waals surface area contributed by atoms with E-state index in [1.807, 2.05) is 24.4 Å². The summed E-state index contributed by atoms with van der Waals surface area (Å²) in [6.45, 7) is 11.2. The van der Waals surface area contributed by atoms with Crippen molar-refractivity contribution in [2.45, 2.75) is 51.6 Å². The summed E-state index contributed by atoms with van der Waals surface area (Å²) in [5, 5.41) is 7.08. The van der Waals surface area contributed by atoms with Crippen LogP contribution in [0.15, 0.2) is 53.7 Å². The van der Waals surface area contributed by atoms with Crippen molar-refractivity contribution < 1.29 is 4.74 Å². The summed E-state index contributed by atoms with van der Waals surface area (Å²) in [5.74, 6) is 1.79. The van der Waals surface area contributed by atoms with Crippen LogP contribution in [-0.4, -0.2) is 55.2 Å². The van der Waals surface area contributed by atoms with E-state index in [2.05, 4.69) is 65.6 Å². The van der Waals surface area contributed by atoms with Crippen LogP contribution >= 0.6 is 0 Å². The summed E-state index contributed by atoms with van der Waals surface area (Å²) in [5.41, 5.74) is 2.29. The molecule has 0 saturated carbocycles. The number of hydrogen-bond donors (Lipinski definition) is 2. The van der Waals surface area contributed by atoms with Gasteiger partial charge in [-0.1, -0.05) is 32.0 Å². The molecule has 1 aromatic carbocycles. The van der Waals surface area contributed by atoms with E-state index in [0.717, 1.165) is 56.4 Å². The van der Waals surface area contributed by atoms with Crippen LogP contribution < -0.4 is 15.4 Å². The number of ether oxygens (including phenoxy) is 1. The molecule has 2 aromatic rings. The topological polar surface area (TPSA) is 61.8 Å². The zero-order valence-corrected chi connectivity index (χ0v) is 19.4. The van der Waals surface area contributed by atoms with Crippen LogP contribution in [0.4, 0.5) is 0 Å². The van der Waals surface area contributed by atoms with Gasteiger partial charge in [-0.25, -0.2) is 0 Å². The van der Waals surface area contributed by atoms with Crippen molar-refractivity contribution in [3.8, 4) is 5.75 Å². The van der Waals surface area contributed by atoms with E-state index in [1.54, 1.807) is 7.11 Å². The van der Waals surface area contributed by atoms with Crippen molar-refractivity contribution in [3.05, 3.63) is 59.9 Å². The minimum atomic E-state index is -0.0804. The largest absolute Gasteiger partial charge is 0.497 e. The Hall–Kier alpha value is -2.60. The van der Waals surface area contributed by atoms with E-state index >= 15 is 0 Å². The molecule has 1 aliphatic rings. The molecule has 3 rings (SSSR count). The number of piperidine rings is 1. The molecule has 2 heterocycles. The van der Waals surface area contributed by atoms with E-state index in [-0.39, 0.29) is 5.41 Å². The lowest BCUT2D eigenvalue weighted by Crippen LogP contribution is -2.48. The minimum Gasteiger partial charge on any atom is -0.497 e. The molecule has 0 bridgehead atoms. The lowest BCUT2D eigenvalue weighted by atomic mass is 9.84. The van der Waals surface area contributed by atoms with Crippen molar-refractivity contribution in [1.29, 1.82) is 0 Å². The van der Waals surface area contributed by atoms with Crippen LogP contribution in [0.5, 0.6) is 5.75 Å². The quantitative estimate of drug-likeness (QED) is 0.502. The fraction of sp³-hybridized carbons (Fsp3) is 0.520. The van der Waals surface area contributed by atoms with Crippen LogP contribution in [0.3, 0.4) is 0 Å². The highest BCUT2D eigenvalue weighted by Crippen LogP contribution is 2.26. The third-order valence-corrected chi connectivity index (χ3v) is 5.87. The smallest absolute Gasteiger partial charge is 0.191 e. The number of methoxy groups -OCH3 is 1. The summed E-state index contributed by atoms with van der Waals surface area (Å²) >= 11 is 0. The minimum absolute atomic E-state index is 0.0804. The standard InChI is InChI=1S/C25H37N5O/c1-5-26-24(28-19-25(2,3)20-9-8-11-23(17-20)31-4)29-21-12-15-30(16-13-21)18-22-10-6-7-14-27-22/h6-11,14,17,21H,5,12-13,15-16,18-19H2,1-4H3,(H2,26,28,29). The van der Waals surface area contributed by atoms with Crippen molar-refractivity contribution in [2.24, 2.45) is 4.99 Å². The molecular formula is C25H37N5O. The highest BCUT2D eigenvalue weighted by Gasteiger charge is 2.23. The SMILES string of the molecule is CCNC(=NCC(C)(C)c1cccc(OC)c1)NC1CCN(Cc2ccccn2)CC1. The summed E-state index contributed by atoms with van der Waals surface area (Å²) in [6, 6.07) is 14.8. The maximum Gasteiger partial charge on any atom is 0.191 e.